The number of carbonyl (C=O) groups is 1. The number of hydrazine groups is 1. The van der Waals surface area contributed by atoms with Crippen LogP contribution in [0.15, 0.2) is 42.5 Å². The van der Waals surface area contributed by atoms with Crippen LogP contribution in [-0.2, 0) is 18.8 Å². The van der Waals surface area contributed by atoms with E-state index >= 15 is 0 Å². The summed E-state index contributed by atoms with van der Waals surface area (Å²) in [6.45, 7) is 0.405. The minimum atomic E-state index is -5.02. The number of methoxy groups -OCH3 is 1. The Morgan fingerprint density at radius 3 is 2.09 bits per heavy atom. The number of benzene rings is 2. The molecule has 0 radical (unpaired) electrons. The maximum atomic E-state index is 13.1. The molecule has 0 fully saturated rings. The lowest BCUT2D eigenvalue weighted by Crippen LogP contribution is -2.42. The minimum absolute atomic E-state index is 0.00109. The average Bonchev–Trinajstić information content (AvgIpc) is 2.74. The molecule has 2 aromatic carbocycles. The predicted octanol–water partition coefficient (Wildman–Crippen LogP) is 5.26. The smallest absolute Gasteiger partial charge is 0.416 e. The fraction of sp³-hybridized carbons (Fsp3) is 0.364. The van der Waals surface area contributed by atoms with Crippen LogP contribution in [0, 0.1) is 0 Å². The summed E-state index contributed by atoms with van der Waals surface area (Å²) in [4.78, 5) is 12.6. The van der Waals surface area contributed by atoms with Crippen molar-refractivity contribution in [2.45, 2.75) is 38.0 Å². The molecule has 1 heterocycles. The van der Waals surface area contributed by atoms with Crippen molar-refractivity contribution in [3.05, 3.63) is 64.7 Å². The Morgan fingerprint density at radius 2 is 1.56 bits per heavy atom. The van der Waals surface area contributed by atoms with Gasteiger partial charge in [-0.15, -0.1) is 10.1 Å². The quantitative estimate of drug-likeness (QED) is 0.490. The molecule has 1 amide bonds. The number of ether oxygens (including phenoxy) is 1. The van der Waals surface area contributed by atoms with E-state index in [1.807, 2.05) is 12.1 Å². The first kappa shape index (κ1) is 23.6. The number of nitrogens with zero attached hydrogens (tertiary/aromatic N) is 1. The summed E-state index contributed by atoms with van der Waals surface area (Å²) in [5.74, 6) is -0.353. The molecule has 10 heteroatoms. The normalized spacial score (nSPS) is 15.0. The van der Waals surface area contributed by atoms with Gasteiger partial charge in [0.15, 0.2) is 12.3 Å². The Hall–Kier alpha value is -3.04. The number of halogens is 6. The van der Waals surface area contributed by atoms with Gasteiger partial charge in [0.25, 0.3) is 0 Å². The lowest BCUT2D eigenvalue weighted by molar-refractivity contribution is -0.578. The van der Waals surface area contributed by atoms with Gasteiger partial charge >= 0.3 is 18.3 Å². The number of rotatable bonds is 5. The van der Waals surface area contributed by atoms with E-state index in [0.717, 1.165) is 24.1 Å². The van der Waals surface area contributed by atoms with Crippen LogP contribution in [-0.4, -0.2) is 30.0 Å². The largest absolute Gasteiger partial charge is 0.497 e. The highest BCUT2D eigenvalue weighted by Gasteiger charge is 2.38. The van der Waals surface area contributed by atoms with E-state index in [4.69, 9.17) is 4.74 Å². The van der Waals surface area contributed by atoms with Crippen LogP contribution in [0.3, 0.4) is 0 Å². The highest BCUT2D eigenvalue weighted by Crippen LogP contribution is 2.36. The fourth-order valence-electron chi connectivity index (χ4n) is 3.46. The van der Waals surface area contributed by atoms with Crippen LogP contribution in [0.25, 0.3) is 0 Å². The molecule has 0 aromatic heterocycles. The Bertz CT molecular complexity index is 978. The summed E-state index contributed by atoms with van der Waals surface area (Å²) in [7, 11) is 1.54. The number of hydrogen-bond acceptors (Lipinski definition) is 2. The van der Waals surface area contributed by atoms with Crippen LogP contribution in [0.1, 0.15) is 46.3 Å². The molecule has 1 aliphatic heterocycles. The maximum Gasteiger partial charge on any atom is 0.416 e. The molecule has 1 aliphatic rings. The Morgan fingerprint density at radius 1 is 0.969 bits per heavy atom. The van der Waals surface area contributed by atoms with E-state index < -0.39 is 35.0 Å². The third-order valence-electron chi connectivity index (χ3n) is 5.13. The molecule has 32 heavy (non-hydrogen) atoms. The molecule has 0 atom stereocenters. The summed E-state index contributed by atoms with van der Waals surface area (Å²) < 4.78 is 85.2. The number of amides is 1. The standard InChI is InChI=1S/C22H20F6N2O2/c1-32-19-7-5-14(6-8-19)10-18-4-2-3-9-30(18)29-20(31)15-11-16(21(23,24)25)13-17(12-15)22(26,27)28/h5-8,11-13H,2-4,9-10H2,1H3/p+1. The Kier molecular flexibility index (Phi) is 6.80. The van der Waals surface area contributed by atoms with E-state index in [-0.39, 0.29) is 6.07 Å². The minimum Gasteiger partial charge on any atom is -0.497 e. The molecule has 0 spiro atoms. The Balaban J connectivity index is 1.89. The second kappa shape index (κ2) is 9.22. The lowest BCUT2D eigenvalue weighted by atomic mass is 10.0. The molecule has 1 N–H and O–H groups in total. The third kappa shape index (κ3) is 5.80. The topological polar surface area (TPSA) is 41.3 Å². The van der Waals surface area contributed by atoms with E-state index in [1.54, 1.807) is 19.2 Å². The number of nitrogens with one attached hydrogen (secondary N) is 1. The summed E-state index contributed by atoms with van der Waals surface area (Å²) in [6, 6.07) is 8.12. The average molecular weight is 459 g/mol. The summed E-state index contributed by atoms with van der Waals surface area (Å²) >= 11 is 0. The molecule has 0 saturated heterocycles. The predicted molar refractivity (Wildman–Crippen MR) is 105 cm³/mol. The molecule has 0 unspecified atom stereocenters. The van der Waals surface area contributed by atoms with Crippen molar-refractivity contribution < 1.29 is 40.6 Å². The van der Waals surface area contributed by atoms with Crippen molar-refractivity contribution in [3.8, 4) is 5.75 Å². The van der Waals surface area contributed by atoms with Gasteiger partial charge in [0.2, 0.25) is 0 Å². The van der Waals surface area contributed by atoms with Gasteiger partial charge in [-0.2, -0.15) is 26.3 Å². The summed E-state index contributed by atoms with van der Waals surface area (Å²) in [6.07, 6.45) is -7.34. The van der Waals surface area contributed by atoms with Crippen LogP contribution < -0.4 is 10.2 Å². The molecule has 0 bridgehead atoms. The van der Waals surface area contributed by atoms with Crippen molar-refractivity contribution in [1.29, 1.82) is 0 Å². The summed E-state index contributed by atoms with van der Waals surface area (Å²) in [5.41, 5.74) is 0.466. The van der Waals surface area contributed by atoms with Crippen LogP contribution in [0.5, 0.6) is 5.75 Å². The number of carbonyl (C=O) groups excluding carboxylic acids is 1. The van der Waals surface area contributed by atoms with Crippen molar-refractivity contribution in [2.24, 2.45) is 0 Å². The van der Waals surface area contributed by atoms with E-state index in [0.29, 0.717) is 37.3 Å². The molecule has 172 valence electrons. The van der Waals surface area contributed by atoms with Gasteiger partial charge in [-0.25, -0.2) is 0 Å². The van der Waals surface area contributed by atoms with Crippen LogP contribution >= 0.6 is 0 Å². The molecule has 0 aliphatic carbocycles. The van der Waals surface area contributed by atoms with Crippen molar-refractivity contribution in [3.63, 3.8) is 0 Å². The van der Waals surface area contributed by atoms with Gasteiger partial charge in [-0.05, 0) is 42.3 Å². The molecule has 2 aromatic rings. The molecule has 4 nitrogen and oxygen atoms in total. The first-order chi connectivity index (χ1) is 15.0. The van der Waals surface area contributed by atoms with Crippen LogP contribution in [0.4, 0.5) is 26.3 Å². The maximum absolute atomic E-state index is 13.1. The zero-order valence-electron chi connectivity index (χ0n) is 17.1. The summed E-state index contributed by atoms with van der Waals surface area (Å²) in [5, 5.41) is 0. The SMILES string of the molecule is COc1ccc(CC2=[N+](NC(=O)c3cc(C(F)(F)F)cc(C(F)(F)F)c3)CCCC2)cc1. The van der Waals surface area contributed by atoms with Gasteiger partial charge in [0.05, 0.1) is 24.7 Å². The highest BCUT2D eigenvalue weighted by atomic mass is 19.4. The molecular weight excluding hydrogens is 438 g/mol. The van der Waals surface area contributed by atoms with Gasteiger partial charge in [0, 0.05) is 18.4 Å². The number of alkyl halides is 6. The first-order valence-electron chi connectivity index (χ1n) is 9.83. The van der Waals surface area contributed by atoms with Gasteiger partial charge in [-0.1, -0.05) is 12.1 Å². The van der Waals surface area contributed by atoms with Crippen molar-refractivity contribution in [2.75, 3.05) is 13.7 Å². The molecular formula is C22H21F6N2O2+. The van der Waals surface area contributed by atoms with Gasteiger partial charge in [0.1, 0.15) is 5.75 Å². The first-order valence-corrected chi connectivity index (χ1v) is 9.83. The molecule has 0 saturated carbocycles. The monoisotopic (exact) mass is 459 g/mol. The van der Waals surface area contributed by atoms with Gasteiger partial charge in [-0.3, -0.25) is 4.79 Å². The fourth-order valence-corrected chi connectivity index (χ4v) is 3.46. The zero-order valence-corrected chi connectivity index (χ0v) is 17.1. The van der Waals surface area contributed by atoms with E-state index in [9.17, 15) is 31.1 Å². The number of hydrazone groups is 1. The second-order valence-electron chi connectivity index (χ2n) is 7.44. The lowest BCUT2D eigenvalue weighted by Gasteiger charge is -2.16. The second-order valence-corrected chi connectivity index (χ2v) is 7.44. The van der Waals surface area contributed by atoms with E-state index in [1.165, 1.54) is 4.68 Å². The Labute approximate surface area is 180 Å². The number of hydrogen-bond donors (Lipinski definition) is 1. The highest BCUT2D eigenvalue weighted by molar-refractivity contribution is 5.94. The van der Waals surface area contributed by atoms with Crippen LogP contribution in [0.2, 0.25) is 0 Å². The van der Waals surface area contributed by atoms with E-state index in [2.05, 4.69) is 5.43 Å². The zero-order chi connectivity index (χ0) is 23.5. The van der Waals surface area contributed by atoms with Gasteiger partial charge < -0.3 is 4.74 Å². The third-order valence-corrected chi connectivity index (χ3v) is 5.13. The van der Waals surface area contributed by atoms with Crippen molar-refractivity contribution in [1.82, 2.24) is 5.43 Å². The molecule has 3 rings (SSSR count). The van der Waals surface area contributed by atoms with Crippen molar-refractivity contribution >= 4 is 11.6 Å².